The van der Waals surface area contributed by atoms with Crippen molar-refractivity contribution in [3.05, 3.63) is 105 Å². The van der Waals surface area contributed by atoms with Crippen LogP contribution in [0.25, 0.3) is 0 Å². The van der Waals surface area contributed by atoms with E-state index in [1.165, 1.54) is 5.56 Å². The standard InChI is InChI=1S/C29H26ClN3O2S/c1-2-21-5-3-4-6-27(21)32-18-33-28(34)15-25(26(16-31)29(33)36-19-32)22-9-13-24(14-10-22)35-17-20-7-11-23(30)12-8-20/h3-14,25H,2,15,17-19H2,1H3. The summed E-state index contributed by atoms with van der Waals surface area (Å²) in [6, 6.07) is 26.0. The number of carbonyl (C=O) groups excluding carboxylic acids is 1. The molecule has 0 saturated carbocycles. The molecule has 5 nitrogen and oxygen atoms in total. The lowest BCUT2D eigenvalue weighted by Gasteiger charge is -2.42. The summed E-state index contributed by atoms with van der Waals surface area (Å²) in [5.41, 5.74) is 5.05. The molecule has 0 aromatic heterocycles. The van der Waals surface area contributed by atoms with Crippen LogP contribution < -0.4 is 9.64 Å². The molecule has 7 heteroatoms. The van der Waals surface area contributed by atoms with Gasteiger partial charge in [0.1, 0.15) is 12.4 Å². The van der Waals surface area contributed by atoms with Crippen molar-refractivity contribution in [2.75, 3.05) is 17.4 Å². The summed E-state index contributed by atoms with van der Waals surface area (Å²) in [4.78, 5) is 17.3. The number of benzene rings is 3. The smallest absolute Gasteiger partial charge is 0.229 e. The first kappa shape index (κ1) is 24.3. The van der Waals surface area contributed by atoms with Crippen LogP contribution in [0, 0.1) is 11.3 Å². The van der Waals surface area contributed by atoms with Gasteiger partial charge in [-0.1, -0.05) is 72.8 Å². The van der Waals surface area contributed by atoms with Gasteiger partial charge in [0, 0.05) is 23.0 Å². The fraction of sp³-hybridized carbons (Fsp3) is 0.241. The Morgan fingerprint density at radius 1 is 1.08 bits per heavy atom. The highest BCUT2D eigenvalue weighted by Crippen LogP contribution is 2.43. The number of ether oxygens (including phenoxy) is 1. The Kier molecular flexibility index (Phi) is 7.22. The third-order valence-corrected chi connectivity index (χ3v) is 8.01. The Morgan fingerprint density at radius 2 is 1.83 bits per heavy atom. The molecule has 1 amide bonds. The first-order valence-electron chi connectivity index (χ1n) is 11.9. The van der Waals surface area contributed by atoms with E-state index in [0.717, 1.165) is 34.0 Å². The zero-order valence-corrected chi connectivity index (χ0v) is 21.6. The van der Waals surface area contributed by atoms with E-state index in [4.69, 9.17) is 16.3 Å². The third kappa shape index (κ3) is 4.95. The molecule has 0 spiro atoms. The number of hydrogen-bond donors (Lipinski definition) is 0. The number of amides is 1. The fourth-order valence-electron chi connectivity index (χ4n) is 4.66. The number of allylic oxidation sites excluding steroid dienone is 1. The topological polar surface area (TPSA) is 56.6 Å². The highest BCUT2D eigenvalue weighted by atomic mass is 35.5. The zero-order valence-electron chi connectivity index (χ0n) is 20.0. The molecular formula is C29H26ClN3O2S. The maximum Gasteiger partial charge on any atom is 0.229 e. The van der Waals surface area contributed by atoms with Crippen molar-refractivity contribution < 1.29 is 9.53 Å². The molecule has 1 fully saturated rings. The molecule has 1 unspecified atom stereocenters. The zero-order chi connectivity index (χ0) is 25.1. The summed E-state index contributed by atoms with van der Waals surface area (Å²) in [7, 11) is 0. The Bertz CT molecular complexity index is 1330. The van der Waals surface area contributed by atoms with Gasteiger partial charge in [0.2, 0.25) is 5.91 Å². The summed E-state index contributed by atoms with van der Waals surface area (Å²) >= 11 is 7.51. The minimum atomic E-state index is -0.249. The summed E-state index contributed by atoms with van der Waals surface area (Å²) in [6.07, 6.45) is 1.21. The van der Waals surface area contributed by atoms with E-state index in [9.17, 15) is 10.1 Å². The fourth-order valence-corrected chi connectivity index (χ4v) is 5.95. The third-order valence-electron chi connectivity index (χ3n) is 6.61. The Labute approximate surface area is 220 Å². The summed E-state index contributed by atoms with van der Waals surface area (Å²) in [5.74, 6) is 1.23. The van der Waals surface area contributed by atoms with Crippen molar-refractivity contribution >= 4 is 35.0 Å². The van der Waals surface area contributed by atoms with Gasteiger partial charge >= 0.3 is 0 Å². The van der Waals surface area contributed by atoms with E-state index in [1.54, 1.807) is 16.7 Å². The second-order valence-corrected chi connectivity index (χ2v) is 10.2. The lowest BCUT2D eigenvalue weighted by Crippen LogP contribution is -2.47. The van der Waals surface area contributed by atoms with Crippen LogP contribution in [-0.4, -0.2) is 23.4 Å². The number of hydrogen-bond acceptors (Lipinski definition) is 5. The van der Waals surface area contributed by atoms with Gasteiger partial charge in [-0.15, -0.1) is 0 Å². The number of thioether (sulfide) groups is 1. The van der Waals surface area contributed by atoms with Crippen LogP contribution in [0.15, 0.2) is 83.4 Å². The van der Waals surface area contributed by atoms with Gasteiger partial charge in [0.05, 0.1) is 29.2 Å². The lowest BCUT2D eigenvalue weighted by atomic mass is 9.86. The van der Waals surface area contributed by atoms with Gasteiger partial charge in [-0.3, -0.25) is 9.69 Å². The van der Waals surface area contributed by atoms with Gasteiger partial charge in [0.15, 0.2) is 0 Å². The molecule has 2 heterocycles. The maximum absolute atomic E-state index is 13.3. The molecule has 2 aliphatic heterocycles. The number of rotatable bonds is 6. The summed E-state index contributed by atoms with van der Waals surface area (Å²) in [5, 5.41) is 11.6. The first-order valence-corrected chi connectivity index (χ1v) is 13.3. The van der Waals surface area contributed by atoms with Crippen LogP contribution in [0.5, 0.6) is 5.75 Å². The molecule has 3 aromatic rings. The van der Waals surface area contributed by atoms with E-state index >= 15 is 0 Å². The Hall–Kier alpha value is -3.40. The number of nitriles is 1. The van der Waals surface area contributed by atoms with E-state index in [2.05, 4.69) is 30.0 Å². The van der Waals surface area contributed by atoms with Crippen molar-refractivity contribution in [1.29, 1.82) is 5.26 Å². The van der Waals surface area contributed by atoms with Gasteiger partial charge in [-0.25, -0.2) is 0 Å². The summed E-state index contributed by atoms with van der Waals surface area (Å²) < 4.78 is 5.90. The van der Waals surface area contributed by atoms with Crippen molar-refractivity contribution in [2.24, 2.45) is 0 Å². The van der Waals surface area contributed by atoms with E-state index < -0.39 is 0 Å². The number of anilines is 1. The molecule has 182 valence electrons. The summed E-state index contributed by atoms with van der Waals surface area (Å²) in [6.45, 7) is 3.04. The van der Waals surface area contributed by atoms with E-state index in [0.29, 0.717) is 29.7 Å². The molecule has 3 aromatic carbocycles. The predicted octanol–water partition coefficient (Wildman–Crippen LogP) is 6.70. The Balaban J connectivity index is 1.33. The molecule has 1 atom stereocenters. The number of carbonyl (C=O) groups is 1. The maximum atomic E-state index is 13.3. The molecule has 1 saturated heterocycles. The molecule has 5 rings (SSSR count). The van der Waals surface area contributed by atoms with E-state index in [1.807, 2.05) is 60.7 Å². The molecule has 0 N–H and O–H groups in total. The van der Waals surface area contributed by atoms with Crippen LogP contribution in [0.2, 0.25) is 5.02 Å². The van der Waals surface area contributed by atoms with Gasteiger partial charge in [-0.05, 0) is 53.4 Å². The SMILES string of the molecule is CCc1ccccc1N1CSC2=C(C#N)C(c3ccc(OCc4ccc(Cl)cc4)cc3)CC(=O)N2C1. The van der Waals surface area contributed by atoms with Crippen molar-refractivity contribution in [2.45, 2.75) is 32.3 Å². The highest BCUT2D eigenvalue weighted by molar-refractivity contribution is 8.03. The lowest BCUT2D eigenvalue weighted by molar-refractivity contribution is -0.129. The predicted molar refractivity (Wildman–Crippen MR) is 145 cm³/mol. The number of aryl methyl sites for hydroxylation is 1. The quantitative estimate of drug-likeness (QED) is 0.365. The highest BCUT2D eigenvalue weighted by Gasteiger charge is 2.38. The molecule has 36 heavy (non-hydrogen) atoms. The minimum Gasteiger partial charge on any atom is -0.489 e. The Morgan fingerprint density at radius 3 is 2.56 bits per heavy atom. The minimum absolute atomic E-state index is 0.0447. The van der Waals surface area contributed by atoms with Crippen LogP contribution in [0.3, 0.4) is 0 Å². The van der Waals surface area contributed by atoms with Crippen LogP contribution in [0.1, 0.15) is 36.0 Å². The molecule has 0 radical (unpaired) electrons. The second kappa shape index (κ2) is 10.7. The van der Waals surface area contributed by atoms with Crippen LogP contribution in [-0.2, 0) is 17.8 Å². The molecule has 0 bridgehead atoms. The van der Waals surface area contributed by atoms with Gasteiger partial charge in [-0.2, -0.15) is 5.26 Å². The van der Waals surface area contributed by atoms with Crippen molar-refractivity contribution in [3.63, 3.8) is 0 Å². The largest absolute Gasteiger partial charge is 0.489 e. The molecule has 2 aliphatic rings. The number of nitrogens with zero attached hydrogens (tertiary/aromatic N) is 3. The monoisotopic (exact) mass is 515 g/mol. The van der Waals surface area contributed by atoms with E-state index in [-0.39, 0.29) is 18.2 Å². The molecular weight excluding hydrogens is 490 g/mol. The molecule has 0 aliphatic carbocycles. The average Bonchev–Trinajstić information content (AvgIpc) is 2.93. The normalized spacial score (nSPS) is 17.6. The van der Waals surface area contributed by atoms with Crippen LogP contribution >= 0.6 is 23.4 Å². The number of fused-ring (bicyclic) bond motifs is 1. The van der Waals surface area contributed by atoms with Crippen molar-refractivity contribution in [3.8, 4) is 11.8 Å². The van der Waals surface area contributed by atoms with Gasteiger partial charge in [0.25, 0.3) is 0 Å². The second-order valence-electron chi connectivity index (χ2n) is 8.83. The number of halogens is 1. The van der Waals surface area contributed by atoms with Crippen LogP contribution in [0.4, 0.5) is 5.69 Å². The van der Waals surface area contributed by atoms with Gasteiger partial charge < -0.3 is 9.64 Å². The number of para-hydroxylation sites is 1. The van der Waals surface area contributed by atoms with Crippen molar-refractivity contribution in [1.82, 2.24) is 4.90 Å². The first-order chi connectivity index (χ1) is 17.6. The average molecular weight is 516 g/mol.